The fourth-order valence-corrected chi connectivity index (χ4v) is 2.40. The van der Waals surface area contributed by atoms with Crippen LogP contribution in [-0.2, 0) is 11.3 Å². The average molecular weight is 318 g/mol. The molecule has 0 bridgehead atoms. The Kier molecular flexibility index (Phi) is 7.07. The molecule has 7 nitrogen and oxygen atoms in total. The van der Waals surface area contributed by atoms with Gasteiger partial charge in [-0.1, -0.05) is 18.5 Å². The molecule has 1 aromatic heterocycles. The minimum atomic E-state index is -0.355. The summed E-state index contributed by atoms with van der Waals surface area (Å²) in [5.74, 6) is 1.35. The topological polar surface area (TPSA) is 88.5 Å². The molecule has 1 fully saturated rings. The fourth-order valence-electron chi connectivity index (χ4n) is 2.40. The Bertz CT molecular complexity index is 446. The Morgan fingerprint density at radius 2 is 2.05 bits per heavy atom. The predicted molar refractivity (Wildman–Crippen MR) is 81.0 cm³/mol. The lowest BCUT2D eigenvalue weighted by molar-refractivity contribution is -0.134. The van der Waals surface area contributed by atoms with Crippen LogP contribution in [0.2, 0.25) is 0 Å². The van der Waals surface area contributed by atoms with Gasteiger partial charge in [-0.3, -0.25) is 9.69 Å². The molecule has 120 valence electrons. The predicted octanol–water partition coefficient (Wildman–Crippen LogP) is 0.571. The van der Waals surface area contributed by atoms with Crippen molar-refractivity contribution in [1.29, 1.82) is 0 Å². The van der Waals surface area contributed by atoms with E-state index in [0.29, 0.717) is 31.3 Å². The number of hydrogen-bond acceptors (Lipinski definition) is 6. The first-order valence-corrected chi connectivity index (χ1v) is 7.16. The Morgan fingerprint density at radius 1 is 1.38 bits per heavy atom. The van der Waals surface area contributed by atoms with Crippen molar-refractivity contribution in [2.75, 3.05) is 26.2 Å². The Morgan fingerprint density at radius 3 is 2.57 bits per heavy atom. The van der Waals surface area contributed by atoms with Crippen LogP contribution in [0.25, 0.3) is 0 Å². The van der Waals surface area contributed by atoms with Crippen molar-refractivity contribution in [2.45, 2.75) is 39.3 Å². The third-order valence-corrected chi connectivity index (χ3v) is 3.54. The number of aryl methyl sites for hydroxylation is 1. The van der Waals surface area contributed by atoms with Gasteiger partial charge in [-0.2, -0.15) is 4.98 Å². The lowest BCUT2D eigenvalue weighted by atomic mass is 10.1. The van der Waals surface area contributed by atoms with E-state index in [1.54, 1.807) is 6.92 Å². The van der Waals surface area contributed by atoms with Crippen LogP contribution >= 0.6 is 12.4 Å². The minimum absolute atomic E-state index is 0. The van der Waals surface area contributed by atoms with Crippen LogP contribution in [0.5, 0.6) is 0 Å². The van der Waals surface area contributed by atoms with Crippen LogP contribution < -0.4 is 5.73 Å². The summed E-state index contributed by atoms with van der Waals surface area (Å²) in [5, 5.41) is 3.89. The van der Waals surface area contributed by atoms with E-state index in [1.165, 1.54) is 0 Å². The van der Waals surface area contributed by atoms with Crippen molar-refractivity contribution >= 4 is 18.3 Å². The number of nitrogens with two attached hydrogens (primary N) is 1. The second-order valence-corrected chi connectivity index (χ2v) is 5.23. The Balaban J connectivity index is 0.00000220. The summed E-state index contributed by atoms with van der Waals surface area (Å²) >= 11 is 0. The molecule has 1 atom stereocenters. The summed E-state index contributed by atoms with van der Waals surface area (Å²) in [4.78, 5) is 20.4. The summed E-state index contributed by atoms with van der Waals surface area (Å²) in [6.45, 7) is 7.55. The van der Waals surface area contributed by atoms with Gasteiger partial charge in [0.25, 0.3) is 0 Å². The molecule has 1 aliphatic rings. The molecule has 1 aliphatic heterocycles. The van der Waals surface area contributed by atoms with Crippen LogP contribution in [0.3, 0.4) is 0 Å². The van der Waals surface area contributed by atoms with E-state index in [4.69, 9.17) is 10.3 Å². The monoisotopic (exact) mass is 317 g/mol. The summed E-state index contributed by atoms with van der Waals surface area (Å²) in [7, 11) is 0. The molecule has 1 saturated heterocycles. The Hall–Kier alpha value is -1.18. The van der Waals surface area contributed by atoms with Crippen LogP contribution in [-0.4, -0.2) is 58.1 Å². The molecule has 2 heterocycles. The zero-order chi connectivity index (χ0) is 14.5. The number of halogens is 1. The van der Waals surface area contributed by atoms with Crippen molar-refractivity contribution in [3.63, 3.8) is 0 Å². The van der Waals surface area contributed by atoms with E-state index >= 15 is 0 Å². The van der Waals surface area contributed by atoms with E-state index in [1.807, 2.05) is 11.8 Å². The molecule has 0 aliphatic carbocycles. The van der Waals surface area contributed by atoms with Gasteiger partial charge >= 0.3 is 0 Å². The maximum Gasteiger partial charge on any atom is 0.239 e. The van der Waals surface area contributed by atoms with E-state index < -0.39 is 0 Å². The van der Waals surface area contributed by atoms with Crippen LogP contribution in [0.1, 0.15) is 31.5 Å². The van der Waals surface area contributed by atoms with Crippen LogP contribution in [0, 0.1) is 6.92 Å². The zero-order valence-corrected chi connectivity index (χ0v) is 13.4. The number of piperazine rings is 1. The summed E-state index contributed by atoms with van der Waals surface area (Å²) in [6, 6.07) is -0.355. The molecule has 0 spiro atoms. The SMILES string of the molecule is CCCC(N)C(=O)N1CCN(Cc2noc(C)n2)CC1.Cl. The van der Waals surface area contributed by atoms with E-state index in [-0.39, 0.29) is 24.4 Å². The first-order chi connectivity index (χ1) is 9.60. The number of rotatable bonds is 5. The molecule has 21 heavy (non-hydrogen) atoms. The molecule has 1 amide bonds. The smallest absolute Gasteiger partial charge is 0.239 e. The molecule has 8 heteroatoms. The van der Waals surface area contributed by atoms with Gasteiger partial charge in [-0.05, 0) is 6.42 Å². The number of aromatic nitrogens is 2. The van der Waals surface area contributed by atoms with Crippen molar-refractivity contribution in [1.82, 2.24) is 19.9 Å². The van der Waals surface area contributed by atoms with Gasteiger partial charge in [0, 0.05) is 33.1 Å². The molecule has 1 aromatic rings. The van der Waals surface area contributed by atoms with Gasteiger partial charge in [-0.25, -0.2) is 0 Å². The highest BCUT2D eigenvalue weighted by molar-refractivity contribution is 5.85. The van der Waals surface area contributed by atoms with Crippen molar-refractivity contribution in [3.05, 3.63) is 11.7 Å². The number of amides is 1. The van der Waals surface area contributed by atoms with Crippen molar-refractivity contribution in [3.8, 4) is 0 Å². The molecule has 0 saturated carbocycles. The van der Waals surface area contributed by atoms with E-state index in [9.17, 15) is 4.79 Å². The van der Waals surface area contributed by atoms with Gasteiger partial charge in [0.1, 0.15) is 0 Å². The highest BCUT2D eigenvalue weighted by Gasteiger charge is 2.25. The van der Waals surface area contributed by atoms with Crippen molar-refractivity contribution in [2.24, 2.45) is 5.73 Å². The van der Waals surface area contributed by atoms with Crippen LogP contribution in [0.15, 0.2) is 4.52 Å². The molecule has 0 radical (unpaired) electrons. The highest BCUT2D eigenvalue weighted by Crippen LogP contribution is 2.08. The Labute approximate surface area is 131 Å². The first kappa shape index (κ1) is 17.9. The quantitative estimate of drug-likeness (QED) is 0.854. The fraction of sp³-hybridized carbons (Fsp3) is 0.769. The second kappa shape index (κ2) is 8.31. The van der Waals surface area contributed by atoms with Crippen LogP contribution in [0.4, 0.5) is 0 Å². The third-order valence-electron chi connectivity index (χ3n) is 3.54. The lowest BCUT2D eigenvalue weighted by Gasteiger charge is -2.35. The number of hydrogen-bond donors (Lipinski definition) is 1. The third kappa shape index (κ3) is 4.94. The molecule has 1 unspecified atom stereocenters. The van der Waals surface area contributed by atoms with E-state index in [2.05, 4.69) is 15.0 Å². The van der Waals surface area contributed by atoms with Gasteiger partial charge in [0.15, 0.2) is 5.82 Å². The second-order valence-electron chi connectivity index (χ2n) is 5.23. The lowest BCUT2D eigenvalue weighted by Crippen LogP contribution is -2.52. The molecule has 0 aromatic carbocycles. The first-order valence-electron chi connectivity index (χ1n) is 7.16. The normalized spacial score (nSPS) is 17.4. The highest BCUT2D eigenvalue weighted by atomic mass is 35.5. The van der Waals surface area contributed by atoms with Gasteiger partial charge in [0.05, 0.1) is 12.6 Å². The van der Waals surface area contributed by atoms with E-state index in [0.717, 1.165) is 25.9 Å². The molecule has 2 N–H and O–H groups in total. The minimum Gasteiger partial charge on any atom is -0.340 e. The molecular weight excluding hydrogens is 294 g/mol. The van der Waals surface area contributed by atoms with Gasteiger partial charge in [0.2, 0.25) is 11.8 Å². The zero-order valence-electron chi connectivity index (χ0n) is 12.6. The molecule has 2 rings (SSSR count). The molecular formula is C13H24ClN5O2. The summed E-state index contributed by atoms with van der Waals surface area (Å²) in [6.07, 6.45) is 1.69. The van der Waals surface area contributed by atoms with Crippen molar-refractivity contribution < 1.29 is 9.32 Å². The summed E-state index contributed by atoms with van der Waals surface area (Å²) < 4.78 is 4.95. The number of carbonyl (C=O) groups is 1. The number of nitrogens with zero attached hydrogens (tertiary/aromatic N) is 4. The maximum absolute atomic E-state index is 12.1. The largest absolute Gasteiger partial charge is 0.340 e. The number of carbonyl (C=O) groups excluding carboxylic acids is 1. The summed E-state index contributed by atoms with van der Waals surface area (Å²) in [5.41, 5.74) is 5.88. The standard InChI is InChI=1S/C13H23N5O2.ClH/c1-3-4-11(14)13(19)18-7-5-17(6-8-18)9-12-15-10(2)20-16-12;/h11H,3-9,14H2,1-2H3;1H. The maximum atomic E-state index is 12.1. The van der Waals surface area contributed by atoms with Gasteiger partial charge < -0.3 is 15.2 Å². The van der Waals surface area contributed by atoms with Gasteiger partial charge in [-0.15, -0.1) is 12.4 Å². The average Bonchev–Trinajstić information content (AvgIpc) is 2.84.